The Morgan fingerprint density at radius 1 is 1.29 bits per heavy atom. The largest absolute Gasteiger partial charge is 0.497 e. The van der Waals surface area contributed by atoms with Crippen molar-refractivity contribution in [3.05, 3.63) is 23.8 Å². The number of anilines is 1. The Morgan fingerprint density at radius 3 is 2.52 bits per heavy atom. The maximum Gasteiger partial charge on any atom is 0.337 e. The number of ether oxygens (including phenoxy) is 1. The molecule has 1 aliphatic rings. The van der Waals surface area contributed by atoms with E-state index in [0.717, 1.165) is 25.7 Å². The Hall–Kier alpha value is -2.08. The lowest BCUT2D eigenvalue weighted by Gasteiger charge is -2.25. The number of methoxy groups -OCH3 is 1. The third-order valence-electron chi connectivity index (χ3n) is 3.86. The molecular formula is C15H20N2O4. The highest BCUT2D eigenvalue weighted by Gasteiger charge is 2.25. The molecule has 6 heteroatoms. The van der Waals surface area contributed by atoms with E-state index >= 15 is 0 Å². The average Bonchev–Trinajstić information content (AvgIpc) is 2.48. The second-order valence-electron chi connectivity index (χ2n) is 5.32. The van der Waals surface area contributed by atoms with E-state index in [1.165, 1.54) is 13.2 Å². The van der Waals surface area contributed by atoms with Crippen LogP contribution in [0.5, 0.6) is 5.75 Å². The standard InChI is InChI=1S/C15H20N2O4/c1-21-11-6-7-13(12(8-11)15(19)20)17-14(18)9-2-4-10(16)5-3-9/h6-10H,2-5,16H2,1H3,(H,17,18)(H,19,20). The van der Waals surface area contributed by atoms with Crippen molar-refractivity contribution in [2.24, 2.45) is 11.7 Å². The summed E-state index contributed by atoms with van der Waals surface area (Å²) in [5, 5.41) is 11.9. The Morgan fingerprint density at radius 2 is 1.95 bits per heavy atom. The predicted molar refractivity (Wildman–Crippen MR) is 78.5 cm³/mol. The molecule has 1 aromatic rings. The van der Waals surface area contributed by atoms with Gasteiger partial charge in [-0.15, -0.1) is 0 Å². The number of nitrogens with two attached hydrogens (primary N) is 1. The van der Waals surface area contributed by atoms with Crippen LogP contribution in [0.15, 0.2) is 18.2 Å². The molecule has 0 aliphatic heterocycles. The molecule has 114 valence electrons. The molecule has 1 aliphatic carbocycles. The molecule has 1 fully saturated rings. The van der Waals surface area contributed by atoms with Crippen molar-refractivity contribution >= 4 is 17.6 Å². The topological polar surface area (TPSA) is 102 Å². The van der Waals surface area contributed by atoms with Crippen LogP contribution in [0.4, 0.5) is 5.69 Å². The quantitative estimate of drug-likeness (QED) is 0.786. The van der Waals surface area contributed by atoms with Gasteiger partial charge in [0.25, 0.3) is 0 Å². The molecule has 21 heavy (non-hydrogen) atoms. The SMILES string of the molecule is COc1ccc(NC(=O)C2CCC(N)CC2)c(C(=O)O)c1. The van der Waals surface area contributed by atoms with Crippen LogP contribution in [0.1, 0.15) is 36.0 Å². The van der Waals surface area contributed by atoms with Crippen molar-refractivity contribution in [2.75, 3.05) is 12.4 Å². The van der Waals surface area contributed by atoms with Crippen molar-refractivity contribution in [1.29, 1.82) is 0 Å². The van der Waals surface area contributed by atoms with Crippen LogP contribution in [0.2, 0.25) is 0 Å². The smallest absolute Gasteiger partial charge is 0.337 e. The Bertz CT molecular complexity index is 536. The van der Waals surface area contributed by atoms with E-state index < -0.39 is 5.97 Å². The normalized spacial score (nSPS) is 21.6. The van der Waals surface area contributed by atoms with E-state index in [2.05, 4.69) is 5.32 Å². The van der Waals surface area contributed by atoms with Gasteiger partial charge in [-0.25, -0.2) is 4.79 Å². The maximum atomic E-state index is 12.2. The van der Waals surface area contributed by atoms with Crippen LogP contribution in [0.25, 0.3) is 0 Å². The van der Waals surface area contributed by atoms with Gasteiger partial charge < -0.3 is 20.9 Å². The van der Waals surface area contributed by atoms with Crippen LogP contribution < -0.4 is 15.8 Å². The Balaban J connectivity index is 2.11. The molecule has 1 saturated carbocycles. The van der Waals surface area contributed by atoms with Crippen molar-refractivity contribution < 1.29 is 19.4 Å². The van der Waals surface area contributed by atoms with E-state index in [-0.39, 0.29) is 23.4 Å². The number of carboxylic acids is 1. The predicted octanol–water partition coefficient (Wildman–Crippen LogP) is 1.85. The molecule has 0 saturated heterocycles. The van der Waals surface area contributed by atoms with Gasteiger partial charge in [0.1, 0.15) is 5.75 Å². The van der Waals surface area contributed by atoms with Crippen LogP contribution in [-0.4, -0.2) is 30.1 Å². The fraction of sp³-hybridized carbons (Fsp3) is 0.467. The minimum absolute atomic E-state index is 0.0233. The van der Waals surface area contributed by atoms with Crippen LogP contribution in [0.3, 0.4) is 0 Å². The van der Waals surface area contributed by atoms with Crippen LogP contribution in [0, 0.1) is 5.92 Å². The zero-order valence-electron chi connectivity index (χ0n) is 12.0. The first kappa shape index (κ1) is 15.3. The molecule has 0 bridgehead atoms. The van der Waals surface area contributed by atoms with Crippen molar-refractivity contribution in [3.8, 4) is 5.75 Å². The third kappa shape index (κ3) is 3.72. The fourth-order valence-corrected chi connectivity index (χ4v) is 2.55. The molecule has 0 radical (unpaired) electrons. The molecule has 4 N–H and O–H groups in total. The van der Waals surface area contributed by atoms with E-state index in [9.17, 15) is 14.7 Å². The fourth-order valence-electron chi connectivity index (χ4n) is 2.55. The first-order valence-electron chi connectivity index (χ1n) is 6.99. The lowest BCUT2D eigenvalue weighted by Crippen LogP contribution is -2.32. The number of carboxylic acid groups (broad SMARTS) is 1. The summed E-state index contributed by atoms with van der Waals surface area (Å²) in [5.74, 6) is -0.910. The highest BCUT2D eigenvalue weighted by Crippen LogP contribution is 2.27. The molecule has 0 unspecified atom stereocenters. The second kappa shape index (κ2) is 6.58. The monoisotopic (exact) mass is 292 g/mol. The summed E-state index contributed by atoms with van der Waals surface area (Å²) < 4.78 is 5.00. The van der Waals surface area contributed by atoms with Crippen LogP contribution >= 0.6 is 0 Å². The first-order chi connectivity index (χ1) is 10.0. The summed E-state index contributed by atoms with van der Waals surface area (Å²) in [6.45, 7) is 0. The number of benzene rings is 1. The molecule has 1 amide bonds. The number of aromatic carboxylic acids is 1. The molecule has 0 aromatic heterocycles. The van der Waals surface area contributed by atoms with E-state index in [4.69, 9.17) is 10.5 Å². The van der Waals surface area contributed by atoms with Gasteiger partial charge in [-0.1, -0.05) is 0 Å². The summed E-state index contributed by atoms with van der Waals surface area (Å²) in [6, 6.07) is 4.74. The highest BCUT2D eigenvalue weighted by molar-refractivity contribution is 6.01. The van der Waals surface area contributed by atoms with Gasteiger partial charge in [-0.05, 0) is 43.9 Å². The molecule has 0 atom stereocenters. The number of carbonyl (C=O) groups excluding carboxylic acids is 1. The summed E-state index contributed by atoms with van der Waals surface area (Å²) in [5.41, 5.74) is 6.14. The van der Waals surface area contributed by atoms with E-state index in [0.29, 0.717) is 11.4 Å². The third-order valence-corrected chi connectivity index (χ3v) is 3.86. The number of carbonyl (C=O) groups is 2. The molecule has 6 nitrogen and oxygen atoms in total. The Labute approximate surface area is 123 Å². The van der Waals surface area contributed by atoms with Gasteiger partial charge in [-0.2, -0.15) is 0 Å². The van der Waals surface area contributed by atoms with Gasteiger partial charge in [0, 0.05) is 12.0 Å². The molecule has 2 rings (SSSR count). The van der Waals surface area contributed by atoms with Gasteiger partial charge in [0.05, 0.1) is 18.4 Å². The van der Waals surface area contributed by atoms with Gasteiger partial charge in [-0.3, -0.25) is 4.79 Å². The van der Waals surface area contributed by atoms with Crippen molar-refractivity contribution in [3.63, 3.8) is 0 Å². The van der Waals surface area contributed by atoms with E-state index in [1.807, 2.05) is 0 Å². The summed E-state index contributed by atoms with van der Waals surface area (Å²) >= 11 is 0. The lowest BCUT2D eigenvalue weighted by atomic mass is 9.86. The minimum Gasteiger partial charge on any atom is -0.497 e. The van der Waals surface area contributed by atoms with Crippen LogP contribution in [-0.2, 0) is 4.79 Å². The van der Waals surface area contributed by atoms with Crippen molar-refractivity contribution in [1.82, 2.24) is 0 Å². The highest BCUT2D eigenvalue weighted by atomic mass is 16.5. The lowest BCUT2D eigenvalue weighted by molar-refractivity contribution is -0.120. The number of nitrogens with one attached hydrogen (secondary N) is 1. The summed E-state index contributed by atoms with van der Waals surface area (Å²) in [6.07, 6.45) is 3.14. The number of hydrogen-bond acceptors (Lipinski definition) is 4. The zero-order valence-corrected chi connectivity index (χ0v) is 12.0. The van der Waals surface area contributed by atoms with E-state index in [1.54, 1.807) is 12.1 Å². The summed E-state index contributed by atoms with van der Waals surface area (Å²) in [4.78, 5) is 23.5. The average molecular weight is 292 g/mol. The maximum absolute atomic E-state index is 12.2. The zero-order chi connectivity index (χ0) is 15.4. The van der Waals surface area contributed by atoms with Gasteiger partial charge >= 0.3 is 5.97 Å². The first-order valence-corrected chi connectivity index (χ1v) is 6.99. The number of rotatable bonds is 4. The second-order valence-corrected chi connectivity index (χ2v) is 5.32. The molecule has 0 spiro atoms. The minimum atomic E-state index is -1.10. The molecule has 1 aromatic carbocycles. The number of hydrogen-bond donors (Lipinski definition) is 3. The van der Waals surface area contributed by atoms with Gasteiger partial charge in [0.15, 0.2) is 0 Å². The molecule has 0 heterocycles. The van der Waals surface area contributed by atoms with Crippen molar-refractivity contribution in [2.45, 2.75) is 31.7 Å². The Kier molecular flexibility index (Phi) is 4.80. The number of amides is 1. The molecular weight excluding hydrogens is 272 g/mol. The van der Waals surface area contributed by atoms with Gasteiger partial charge in [0.2, 0.25) is 5.91 Å². The summed E-state index contributed by atoms with van der Waals surface area (Å²) in [7, 11) is 1.46.